The Morgan fingerprint density at radius 1 is 0.923 bits per heavy atom. The Balaban J connectivity index is 1.76. The third-order valence-electron chi connectivity index (χ3n) is 9.19. The van der Waals surface area contributed by atoms with Crippen LogP contribution in [0.25, 0.3) is 10.8 Å². The lowest BCUT2D eigenvalue weighted by atomic mass is 9.81. The molecule has 52 heavy (non-hydrogen) atoms. The van der Waals surface area contributed by atoms with Crippen molar-refractivity contribution >= 4 is 46.9 Å². The van der Waals surface area contributed by atoms with Gasteiger partial charge in [0.05, 0.1) is 31.0 Å². The first-order valence-electron chi connectivity index (χ1n) is 17.1. The fourth-order valence-corrected chi connectivity index (χ4v) is 11.2. The monoisotopic (exact) mass is 719 g/mol. The number of Topliss-reactive ketones (excluding diaryl/α,β-unsaturated/α-hetero) is 2. The third kappa shape index (κ3) is 7.26. The molecule has 270 valence electrons. The average Bonchev–Trinajstić information content (AvgIpc) is 3.11. The average molecular weight is 720 g/mol. The number of ketones is 2. The van der Waals surface area contributed by atoms with Crippen LogP contribution in [0.5, 0.6) is 11.5 Å². The Bertz CT molecular complexity index is 2050. The predicted molar refractivity (Wildman–Crippen MR) is 204 cm³/mol. The molecular formula is C42H45NO8Si. The number of nitrogens with zero attached hydrogens (tertiary/aromatic N) is 1. The number of hydrogen-bond donors (Lipinski definition) is 1. The minimum absolute atomic E-state index is 0.0220. The highest BCUT2D eigenvalue weighted by atomic mass is 28.3. The van der Waals surface area contributed by atoms with Crippen molar-refractivity contribution in [3.8, 4) is 23.0 Å². The van der Waals surface area contributed by atoms with Crippen LogP contribution < -0.4 is 15.1 Å². The maximum Gasteiger partial charge on any atom is 0.410 e. The van der Waals surface area contributed by atoms with E-state index in [1.54, 1.807) is 39.1 Å². The molecule has 4 aromatic carbocycles. The fraction of sp³-hybridized carbons (Fsp3) is 0.310. The van der Waals surface area contributed by atoms with Crippen molar-refractivity contribution in [2.45, 2.75) is 52.3 Å². The van der Waals surface area contributed by atoms with Gasteiger partial charge in [-0.05, 0) is 58.4 Å². The Morgan fingerprint density at radius 2 is 1.54 bits per heavy atom. The molecule has 0 heterocycles. The van der Waals surface area contributed by atoms with E-state index in [-0.39, 0.29) is 59.1 Å². The van der Waals surface area contributed by atoms with E-state index >= 15 is 0 Å². The summed E-state index contributed by atoms with van der Waals surface area (Å²) in [6.07, 6.45) is -0.891. The van der Waals surface area contributed by atoms with E-state index in [0.29, 0.717) is 22.1 Å². The predicted octanol–water partition coefficient (Wildman–Crippen LogP) is 6.43. The Labute approximate surface area is 306 Å². The number of ether oxygens (including phenoxy) is 4. The largest absolute Gasteiger partial charge is 0.506 e. The van der Waals surface area contributed by atoms with Crippen LogP contribution in [-0.2, 0) is 20.8 Å². The summed E-state index contributed by atoms with van der Waals surface area (Å²) in [6, 6.07) is 25.1. The summed E-state index contributed by atoms with van der Waals surface area (Å²) in [5, 5.41) is 14.5. The molecule has 0 unspecified atom stereocenters. The number of phenols is 1. The highest BCUT2D eigenvalue weighted by Crippen LogP contribution is 2.42. The van der Waals surface area contributed by atoms with E-state index in [0.717, 1.165) is 10.4 Å². The van der Waals surface area contributed by atoms with Gasteiger partial charge in [-0.3, -0.25) is 9.59 Å². The number of hydrogen-bond acceptors (Lipinski definition) is 8. The van der Waals surface area contributed by atoms with Gasteiger partial charge in [-0.2, -0.15) is 0 Å². The first kappa shape index (κ1) is 38.0. The molecule has 0 fully saturated rings. The van der Waals surface area contributed by atoms with Gasteiger partial charge in [-0.25, -0.2) is 4.79 Å². The molecule has 0 radical (unpaired) electrons. The van der Waals surface area contributed by atoms with Crippen molar-refractivity contribution in [1.82, 2.24) is 4.90 Å². The number of fused-ring (bicyclic) bond motifs is 2. The number of aromatic hydroxyl groups is 1. The van der Waals surface area contributed by atoms with Gasteiger partial charge in [0.25, 0.3) is 0 Å². The molecule has 1 aliphatic rings. The van der Waals surface area contributed by atoms with E-state index < -0.39 is 25.7 Å². The number of benzene rings is 4. The molecule has 0 spiro atoms. The zero-order valence-electron chi connectivity index (χ0n) is 31.0. The lowest BCUT2D eigenvalue weighted by molar-refractivity contribution is -0.0210. The molecule has 1 N–H and O–H groups in total. The number of phenolic OH excluding ortho intramolecular Hbond substituents is 1. The Kier molecular flexibility index (Phi) is 11.4. The molecule has 0 saturated carbocycles. The quantitative estimate of drug-likeness (QED) is 0.0864. The summed E-state index contributed by atoms with van der Waals surface area (Å²) in [5.74, 6) is 2.22. The van der Waals surface area contributed by atoms with Gasteiger partial charge >= 0.3 is 6.09 Å². The van der Waals surface area contributed by atoms with Crippen LogP contribution in [0.3, 0.4) is 0 Å². The molecule has 0 saturated heterocycles. The minimum atomic E-state index is -3.01. The SMILES string of the molecule is COCOCC1=C(C#C[Si](c2ccccc2)(c2ccccc2)C(C)(C)C)C(=O)c2c(cc3cc(OC)cc(CN(C)C(=O)OC(C)C)c3c2O)C1=O. The number of allylic oxidation sites excluding steroid dienone is 1. The minimum Gasteiger partial charge on any atom is -0.506 e. The second-order valence-corrected chi connectivity index (χ2v) is 18.5. The van der Waals surface area contributed by atoms with Crippen molar-refractivity contribution in [2.75, 3.05) is 34.7 Å². The van der Waals surface area contributed by atoms with Crippen LogP contribution in [0.2, 0.25) is 5.04 Å². The first-order chi connectivity index (χ1) is 24.7. The molecular weight excluding hydrogens is 675 g/mol. The molecule has 4 aromatic rings. The second kappa shape index (κ2) is 15.6. The molecule has 1 aliphatic carbocycles. The van der Waals surface area contributed by atoms with Crippen LogP contribution in [-0.4, -0.2) is 76.5 Å². The van der Waals surface area contributed by atoms with Crippen LogP contribution in [0, 0.1) is 11.5 Å². The number of rotatable bonds is 10. The number of carbonyl (C=O) groups excluding carboxylic acids is 3. The number of carbonyl (C=O) groups is 3. The molecule has 10 heteroatoms. The maximum absolute atomic E-state index is 14.7. The van der Waals surface area contributed by atoms with Gasteiger partial charge < -0.3 is 29.0 Å². The first-order valence-corrected chi connectivity index (χ1v) is 19.1. The van der Waals surface area contributed by atoms with Crippen LogP contribution in [0.1, 0.15) is 60.9 Å². The number of amides is 1. The van der Waals surface area contributed by atoms with Crippen molar-refractivity contribution in [3.05, 3.63) is 107 Å². The zero-order chi connectivity index (χ0) is 37.8. The molecule has 0 atom stereocenters. The molecule has 0 aromatic heterocycles. The summed E-state index contributed by atoms with van der Waals surface area (Å²) in [7, 11) is 1.53. The molecule has 0 aliphatic heterocycles. The lowest BCUT2D eigenvalue weighted by Crippen LogP contribution is -2.63. The van der Waals surface area contributed by atoms with Crippen molar-refractivity contribution in [1.29, 1.82) is 0 Å². The Hall–Kier alpha value is -5.21. The summed E-state index contributed by atoms with van der Waals surface area (Å²) in [4.78, 5) is 43.3. The van der Waals surface area contributed by atoms with Gasteiger partial charge in [-0.1, -0.05) is 87.4 Å². The van der Waals surface area contributed by atoms with Gasteiger partial charge in [0.15, 0.2) is 5.78 Å². The summed E-state index contributed by atoms with van der Waals surface area (Å²) in [5.41, 5.74) is 4.04. The Morgan fingerprint density at radius 3 is 2.08 bits per heavy atom. The third-order valence-corrected chi connectivity index (χ3v) is 14.3. The topological polar surface area (TPSA) is 112 Å². The van der Waals surface area contributed by atoms with Gasteiger partial charge in [0.2, 0.25) is 13.9 Å². The molecule has 9 nitrogen and oxygen atoms in total. The second-order valence-electron chi connectivity index (χ2n) is 14.1. The number of methoxy groups -OCH3 is 2. The maximum atomic E-state index is 14.7. The lowest BCUT2D eigenvalue weighted by Gasteiger charge is -2.39. The standard InChI is InChI=1S/C42H45NO8Si/c1-27(2)51-41(47)43(6)24-29-22-30(49-8)21-28-23-34-37(40(46)36(28)29)39(45)33(35(38(34)44)25-50-26-48-7)19-20-52(42(3,4)5,31-15-11-9-12-16-31)32-17-13-10-14-18-32/h9-18,21-23,27,46H,24-26H2,1-8H3. The highest BCUT2D eigenvalue weighted by molar-refractivity contribution is 7.10. The molecule has 1 amide bonds. The van der Waals surface area contributed by atoms with Crippen LogP contribution in [0.15, 0.2) is 90.0 Å². The van der Waals surface area contributed by atoms with E-state index in [9.17, 15) is 19.5 Å². The summed E-state index contributed by atoms with van der Waals surface area (Å²) >= 11 is 0. The van der Waals surface area contributed by atoms with E-state index in [4.69, 9.17) is 18.9 Å². The summed E-state index contributed by atoms with van der Waals surface area (Å²) in [6.45, 7) is 9.64. The highest BCUT2D eigenvalue weighted by Gasteiger charge is 2.47. The van der Waals surface area contributed by atoms with E-state index in [2.05, 4.69) is 56.5 Å². The van der Waals surface area contributed by atoms with Crippen LogP contribution in [0.4, 0.5) is 4.79 Å². The van der Waals surface area contributed by atoms with E-state index in [1.165, 1.54) is 19.1 Å². The van der Waals surface area contributed by atoms with E-state index in [1.807, 2.05) is 36.4 Å². The molecule has 5 rings (SSSR count). The van der Waals surface area contributed by atoms with Gasteiger partial charge in [0.1, 0.15) is 18.3 Å². The normalized spacial score (nSPS) is 13.2. The fourth-order valence-electron chi connectivity index (χ4n) is 6.77. The van der Waals surface area contributed by atoms with Gasteiger partial charge in [0, 0.05) is 37.2 Å². The molecule has 0 bridgehead atoms. The van der Waals surface area contributed by atoms with Crippen LogP contribution >= 0.6 is 0 Å². The smallest absolute Gasteiger partial charge is 0.410 e. The summed E-state index contributed by atoms with van der Waals surface area (Å²) < 4.78 is 21.7. The van der Waals surface area contributed by atoms with Crippen molar-refractivity contribution < 1.29 is 38.4 Å². The van der Waals surface area contributed by atoms with Crippen molar-refractivity contribution in [3.63, 3.8) is 0 Å². The van der Waals surface area contributed by atoms with Crippen molar-refractivity contribution in [2.24, 2.45) is 0 Å². The van der Waals surface area contributed by atoms with Gasteiger partial charge in [-0.15, -0.1) is 5.54 Å². The zero-order valence-corrected chi connectivity index (χ0v) is 32.0.